The molecule has 0 spiro atoms. The number of esters is 1. The largest absolute Gasteiger partial charge is 0.573 e. The fourth-order valence-electron chi connectivity index (χ4n) is 1.73. The molecule has 0 saturated heterocycles. The van der Waals surface area contributed by atoms with Crippen LogP contribution in [0.4, 0.5) is 26.3 Å². The normalized spacial score (nSPS) is 12.2. The Morgan fingerprint density at radius 2 is 1.87 bits per heavy atom. The summed E-state index contributed by atoms with van der Waals surface area (Å²) in [6.45, 7) is 1.50. The summed E-state index contributed by atoms with van der Waals surface area (Å²) in [4.78, 5) is 14.9. The monoisotopic (exact) mass is 409 g/mol. The van der Waals surface area contributed by atoms with Gasteiger partial charge in [0.2, 0.25) is 0 Å². The van der Waals surface area contributed by atoms with Crippen LogP contribution in [0, 0.1) is 0 Å². The van der Waals surface area contributed by atoms with E-state index in [9.17, 15) is 31.1 Å². The minimum atomic E-state index is -5.31. The van der Waals surface area contributed by atoms with Gasteiger partial charge in [-0.25, -0.2) is 0 Å². The van der Waals surface area contributed by atoms with Gasteiger partial charge in [0, 0.05) is 10.9 Å². The van der Waals surface area contributed by atoms with Gasteiger partial charge in [-0.15, -0.1) is 13.2 Å². The van der Waals surface area contributed by atoms with E-state index < -0.39 is 47.1 Å². The molecule has 1 aromatic heterocycles. The molecule has 0 unspecified atom stereocenters. The molecule has 4 nitrogen and oxygen atoms in total. The van der Waals surface area contributed by atoms with Crippen LogP contribution in [0.2, 0.25) is 0 Å². The van der Waals surface area contributed by atoms with E-state index in [1.807, 2.05) is 0 Å². The summed E-state index contributed by atoms with van der Waals surface area (Å²) in [7, 11) is 0. The number of carbonyl (C=O) groups is 1. The number of alkyl halides is 7. The molecule has 0 bridgehead atoms. The second-order valence-corrected chi connectivity index (χ2v) is 4.64. The number of halogens is 7. The number of ether oxygens (including phenoxy) is 2. The number of aromatic nitrogens is 1. The van der Waals surface area contributed by atoms with Crippen LogP contribution in [-0.2, 0) is 27.5 Å². The summed E-state index contributed by atoms with van der Waals surface area (Å²) in [5.74, 6) is -2.33. The Hall–Kier alpha value is -1.52. The van der Waals surface area contributed by atoms with E-state index in [-0.39, 0.29) is 18.5 Å². The second kappa shape index (κ2) is 7.37. The summed E-state index contributed by atoms with van der Waals surface area (Å²) in [6.07, 6.45) is -10.8. The van der Waals surface area contributed by atoms with E-state index in [2.05, 4.69) is 30.4 Å². The van der Waals surface area contributed by atoms with Crippen LogP contribution in [0.15, 0.2) is 6.20 Å². The lowest BCUT2D eigenvalue weighted by Crippen LogP contribution is -2.23. The van der Waals surface area contributed by atoms with Crippen molar-refractivity contribution >= 4 is 21.9 Å². The van der Waals surface area contributed by atoms with Gasteiger partial charge in [0.15, 0.2) is 5.75 Å². The fraction of sp³-hybridized carbons (Fsp3) is 0.500. The van der Waals surface area contributed by atoms with Gasteiger partial charge in [0.1, 0.15) is 5.56 Å². The van der Waals surface area contributed by atoms with E-state index in [4.69, 9.17) is 0 Å². The molecule has 23 heavy (non-hydrogen) atoms. The zero-order valence-electron chi connectivity index (χ0n) is 11.5. The Morgan fingerprint density at radius 3 is 2.30 bits per heavy atom. The molecular formula is C12H10BrF6NO3. The van der Waals surface area contributed by atoms with Crippen molar-refractivity contribution < 1.29 is 40.6 Å². The van der Waals surface area contributed by atoms with Crippen molar-refractivity contribution in [3.63, 3.8) is 0 Å². The first-order chi connectivity index (χ1) is 10.5. The third kappa shape index (κ3) is 5.56. The highest BCUT2D eigenvalue weighted by molar-refractivity contribution is 9.08. The first-order valence-corrected chi connectivity index (χ1v) is 7.17. The number of hydrogen-bond donors (Lipinski definition) is 0. The molecule has 0 atom stereocenters. The van der Waals surface area contributed by atoms with Crippen molar-refractivity contribution in [1.29, 1.82) is 0 Å². The third-order valence-corrected chi connectivity index (χ3v) is 3.05. The van der Waals surface area contributed by atoms with Gasteiger partial charge in [-0.1, -0.05) is 15.9 Å². The number of nitrogens with zero attached hydrogens (tertiary/aromatic N) is 1. The van der Waals surface area contributed by atoms with Gasteiger partial charge < -0.3 is 9.47 Å². The highest BCUT2D eigenvalue weighted by atomic mass is 79.9. The number of hydrogen-bond acceptors (Lipinski definition) is 4. The van der Waals surface area contributed by atoms with Crippen molar-refractivity contribution in [1.82, 2.24) is 4.98 Å². The molecular weight excluding hydrogens is 400 g/mol. The predicted molar refractivity (Wildman–Crippen MR) is 68.9 cm³/mol. The maximum atomic E-state index is 13.1. The Balaban J connectivity index is 3.40. The van der Waals surface area contributed by atoms with Gasteiger partial charge in [0.05, 0.1) is 24.9 Å². The molecule has 0 aromatic carbocycles. The summed E-state index contributed by atoms with van der Waals surface area (Å²) in [6, 6.07) is 0. The van der Waals surface area contributed by atoms with E-state index in [1.165, 1.54) is 6.92 Å². The van der Waals surface area contributed by atoms with Gasteiger partial charge in [-0.2, -0.15) is 13.2 Å². The fourth-order valence-corrected chi connectivity index (χ4v) is 2.33. The van der Waals surface area contributed by atoms with Crippen molar-refractivity contribution in [3.8, 4) is 5.75 Å². The van der Waals surface area contributed by atoms with E-state index >= 15 is 0 Å². The van der Waals surface area contributed by atoms with Crippen molar-refractivity contribution in [2.75, 3.05) is 6.61 Å². The van der Waals surface area contributed by atoms with E-state index in [1.54, 1.807) is 0 Å². The van der Waals surface area contributed by atoms with Gasteiger partial charge in [-0.05, 0) is 6.92 Å². The Labute approximate surface area is 134 Å². The molecule has 1 aromatic rings. The minimum Gasteiger partial charge on any atom is -0.466 e. The Bertz CT molecular complexity index is 573. The van der Waals surface area contributed by atoms with Gasteiger partial charge in [-0.3, -0.25) is 9.78 Å². The standard InChI is InChI=1S/C12H10BrF6NO3/c1-2-22-9(21)3-7-6(4-13)10(11(14,15)16)8(5-20-7)23-12(17,18)19/h5H,2-4H2,1H3. The molecule has 0 aliphatic heterocycles. The third-order valence-electron chi connectivity index (χ3n) is 2.49. The Kier molecular flexibility index (Phi) is 6.25. The molecule has 0 N–H and O–H groups in total. The lowest BCUT2D eigenvalue weighted by molar-refractivity contribution is -0.276. The summed E-state index contributed by atoms with van der Waals surface area (Å²) >= 11 is 2.77. The van der Waals surface area contributed by atoms with Crippen LogP contribution < -0.4 is 4.74 Å². The lowest BCUT2D eigenvalue weighted by atomic mass is 10.0. The van der Waals surface area contributed by atoms with Crippen molar-refractivity contribution in [3.05, 3.63) is 23.0 Å². The van der Waals surface area contributed by atoms with Crippen LogP contribution in [0.25, 0.3) is 0 Å². The lowest BCUT2D eigenvalue weighted by Gasteiger charge is -2.19. The average molecular weight is 410 g/mol. The van der Waals surface area contributed by atoms with Crippen LogP contribution in [0.1, 0.15) is 23.7 Å². The maximum absolute atomic E-state index is 13.1. The highest BCUT2D eigenvalue weighted by Gasteiger charge is 2.42. The van der Waals surface area contributed by atoms with Crippen molar-refractivity contribution in [2.45, 2.75) is 31.2 Å². The minimum absolute atomic E-state index is 0.00384. The Morgan fingerprint density at radius 1 is 1.26 bits per heavy atom. The maximum Gasteiger partial charge on any atom is 0.573 e. The highest BCUT2D eigenvalue weighted by Crippen LogP contribution is 2.42. The quantitative estimate of drug-likeness (QED) is 0.419. The molecule has 0 fully saturated rings. The molecule has 0 amide bonds. The van der Waals surface area contributed by atoms with Crippen LogP contribution in [-0.4, -0.2) is 23.9 Å². The smallest absolute Gasteiger partial charge is 0.466 e. The van der Waals surface area contributed by atoms with E-state index in [0.29, 0.717) is 0 Å². The van der Waals surface area contributed by atoms with Gasteiger partial charge >= 0.3 is 18.5 Å². The van der Waals surface area contributed by atoms with Crippen molar-refractivity contribution in [2.24, 2.45) is 0 Å². The summed E-state index contributed by atoms with van der Waals surface area (Å²) in [5, 5.41) is -0.474. The predicted octanol–water partition coefficient (Wildman–Crippen LogP) is 4.00. The molecule has 0 radical (unpaired) electrons. The van der Waals surface area contributed by atoms with Crippen LogP contribution in [0.3, 0.4) is 0 Å². The molecule has 1 heterocycles. The zero-order valence-corrected chi connectivity index (χ0v) is 13.1. The number of pyridine rings is 1. The molecule has 130 valence electrons. The molecule has 0 aliphatic rings. The first-order valence-electron chi connectivity index (χ1n) is 6.04. The zero-order chi connectivity index (χ0) is 17.8. The number of carbonyl (C=O) groups excluding carboxylic acids is 1. The van der Waals surface area contributed by atoms with Crippen LogP contribution in [0.5, 0.6) is 5.75 Å². The summed E-state index contributed by atoms with van der Waals surface area (Å²) in [5.41, 5.74) is -2.60. The van der Waals surface area contributed by atoms with Gasteiger partial charge in [0.25, 0.3) is 0 Å². The summed E-state index contributed by atoms with van der Waals surface area (Å²) < 4.78 is 84.1. The topological polar surface area (TPSA) is 48.4 Å². The second-order valence-electron chi connectivity index (χ2n) is 4.08. The first kappa shape index (κ1) is 19.5. The SMILES string of the molecule is CCOC(=O)Cc1ncc(OC(F)(F)F)c(C(F)(F)F)c1CBr. The average Bonchev–Trinajstić information content (AvgIpc) is 2.37. The number of rotatable bonds is 5. The molecule has 11 heteroatoms. The molecule has 1 rings (SSSR count). The molecule has 0 aliphatic carbocycles. The molecule has 0 saturated carbocycles. The van der Waals surface area contributed by atoms with Crippen LogP contribution >= 0.6 is 15.9 Å². The van der Waals surface area contributed by atoms with E-state index in [0.717, 1.165) is 0 Å².